The Kier molecular flexibility index (Phi) is 374. The Labute approximate surface area is 170 Å². The number of hydrogen-bond donors (Lipinski definition) is 1. The summed E-state index contributed by atoms with van der Waals surface area (Å²) in [5.41, 5.74) is 4.50. The fourth-order valence-electron chi connectivity index (χ4n) is 0. The van der Waals surface area contributed by atoms with Crippen molar-refractivity contribution in [1.29, 1.82) is 0 Å². The van der Waals surface area contributed by atoms with Crippen LogP contribution in [0.4, 0.5) is 0 Å². The van der Waals surface area contributed by atoms with E-state index in [2.05, 4.69) is 5.73 Å². The third-order valence-corrected chi connectivity index (χ3v) is 0. The number of hydrogen-bond acceptors (Lipinski definition) is 1. The van der Waals surface area contributed by atoms with Gasteiger partial charge in [0.1, 0.15) is 0 Å². The molecule has 7 heteroatoms. The molecule has 0 fully saturated rings. The van der Waals surface area contributed by atoms with Crippen LogP contribution in [0.25, 0.3) is 0 Å². The summed E-state index contributed by atoms with van der Waals surface area (Å²) in [5, 5.41) is 0. The van der Waals surface area contributed by atoms with Crippen LogP contribution >= 0.6 is 71.9 Å². The molecule has 2 N–H and O–H groups in total. The van der Waals surface area contributed by atoms with Gasteiger partial charge in [-0.05, 0) is 7.05 Å². The van der Waals surface area contributed by atoms with Crippen molar-refractivity contribution in [3.05, 3.63) is 0 Å². The van der Waals surface area contributed by atoms with Crippen molar-refractivity contribution in [1.82, 2.24) is 0 Å². The minimum absolute atomic E-state index is 0. The van der Waals surface area contributed by atoms with Gasteiger partial charge in [0.15, 0.2) is 0 Å². The largest absolute Gasteiger partial charge is 0 e. The Bertz CT molecular complexity index is 26.5. The molecule has 0 bridgehead atoms. The molecule has 0 unspecified atom stereocenters. The van der Waals surface area contributed by atoms with Gasteiger partial charge in [-0.25, -0.2) is 0 Å². The second-order valence-electron chi connectivity index (χ2n) is 0. The molecule has 0 aromatic carbocycles. The SMILES string of the molecule is CN.I.I.I.[Ca+2].[H-].[H-].[PbH2].[Ti]. The Balaban J connectivity index is -0.000000000179. The first-order valence-electron chi connectivity index (χ1n) is 0.577. The zero-order valence-electron chi connectivity index (χ0n) is 6.72. The molecule has 0 aromatic rings. The van der Waals surface area contributed by atoms with Gasteiger partial charge >= 0.3 is 65.0 Å². The molecule has 0 atom stereocenters. The van der Waals surface area contributed by atoms with E-state index in [4.69, 9.17) is 0 Å². The zero-order valence-corrected chi connectivity index (χ0v) is 21.0. The fourth-order valence-corrected chi connectivity index (χ4v) is 0. The molecule has 0 aliphatic carbocycles. The predicted octanol–water partition coefficient (Wildman–Crippen LogP) is 0.354. The van der Waals surface area contributed by atoms with Crippen molar-refractivity contribution in [3.8, 4) is 0 Å². The van der Waals surface area contributed by atoms with E-state index in [0.717, 1.165) is 0 Å². The van der Waals surface area contributed by atoms with Crippen molar-refractivity contribution in [2.45, 2.75) is 0 Å². The standard InChI is InChI=1S/CH5N.Ca.3HI.Pb.Ti.4H/c1-2;;;;;;;;;;/h2H2,1H3;;3*1H;;;;;;/q;+2;;;;;;;;2*-1. The third-order valence-electron chi connectivity index (χ3n) is 0. The normalized spacial score (nSPS) is 0.750. The number of halogens is 3. The van der Waals surface area contributed by atoms with Crippen molar-refractivity contribution in [2.24, 2.45) is 5.73 Å². The maximum Gasteiger partial charge on any atom is 0 e. The van der Waals surface area contributed by atoms with Crippen molar-refractivity contribution < 1.29 is 24.6 Å². The van der Waals surface area contributed by atoms with Gasteiger partial charge in [-0.2, -0.15) is 0 Å². The Morgan fingerprint density at radius 3 is 1.00 bits per heavy atom. The van der Waals surface area contributed by atoms with Crippen LogP contribution in [0.15, 0.2) is 0 Å². The maximum atomic E-state index is 4.50. The van der Waals surface area contributed by atoms with Crippen LogP contribution in [0.1, 0.15) is 2.85 Å². The predicted molar refractivity (Wildman–Crippen MR) is 72.9 cm³/mol. The molecule has 2 radical (unpaired) electrons. The first-order valence-corrected chi connectivity index (χ1v) is 0.577. The fraction of sp³-hybridized carbons (Fsp3) is 1.00. The summed E-state index contributed by atoms with van der Waals surface area (Å²) in [6.45, 7) is 0. The quantitative estimate of drug-likeness (QED) is 0.285. The van der Waals surface area contributed by atoms with Crippen molar-refractivity contribution in [3.63, 3.8) is 0 Å². The summed E-state index contributed by atoms with van der Waals surface area (Å²) in [6, 6.07) is 0. The molecule has 0 aromatic heterocycles. The van der Waals surface area contributed by atoms with E-state index in [-0.39, 0.29) is 162 Å². The van der Waals surface area contributed by atoms with E-state index in [1.54, 1.807) is 0 Å². The van der Waals surface area contributed by atoms with Crippen LogP contribution in [0.3, 0.4) is 0 Å². The summed E-state index contributed by atoms with van der Waals surface area (Å²) in [4.78, 5) is 0. The van der Waals surface area contributed by atoms with Gasteiger partial charge in [-0.1, -0.05) is 0 Å². The molecule has 0 spiro atoms. The summed E-state index contributed by atoms with van der Waals surface area (Å²) in [5.74, 6) is 0. The average molecular weight is 714 g/mol. The van der Waals surface area contributed by atoms with Gasteiger partial charge in [0, 0.05) is 21.7 Å². The van der Waals surface area contributed by atoms with Crippen LogP contribution < -0.4 is 5.73 Å². The van der Waals surface area contributed by atoms with E-state index in [9.17, 15) is 0 Å². The van der Waals surface area contributed by atoms with Crippen LogP contribution in [-0.4, -0.2) is 72.1 Å². The molecule has 0 amide bonds. The number of nitrogens with two attached hydrogens (primary N) is 1. The molecule has 0 heterocycles. The molecule has 52 valence electrons. The Hall–Kier alpha value is 5.05. The van der Waals surface area contributed by atoms with Gasteiger partial charge in [-0.3, -0.25) is 0 Å². The second kappa shape index (κ2) is 57.7. The topological polar surface area (TPSA) is 26.0 Å². The van der Waals surface area contributed by atoms with Gasteiger partial charge in [-0.15, -0.1) is 71.9 Å². The van der Waals surface area contributed by atoms with E-state index in [1.165, 1.54) is 7.05 Å². The van der Waals surface area contributed by atoms with Crippen molar-refractivity contribution >= 4 is 137 Å². The van der Waals surface area contributed by atoms with Crippen LogP contribution in [0.5, 0.6) is 0 Å². The summed E-state index contributed by atoms with van der Waals surface area (Å²) in [7, 11) is 1.50. The van der Waals surface area contributed by atoms with E-state index < -0.39 is 0 Å². The molecular formula is CH12CaI3NPbTi. The summed E-state index contributed by atoms with van der Waals surface area (Å²) < 4.78 is 0. The molecule has 1 nitrogen and oxygen atoms in total. The molecule has 0 saturated heterocycles. The van der Waals surface area contributed by atoms with E-state index in [0.29, 0.717) is 0 Å². The molecule has 0 rings (SSSR count). The second-order valence-corrected chi connectivity index (χ2v) is 0. The molecule has 8 heavy (non-hydrogen) atoms. The van der Waals surface area contributed by atoms with E-state index >= 15 is 0 Å². The first-order chi connectivity index (χ1) is 1.00. The third kappa shape index (κ3) is 43.8. The van der Waals surface area contributed by atoms with Crippen molar-refractivity contribution in [2.75, 3.05) is 7.05 Å². The monoisotopic (exact) mass is 715 g/mol. The minimum atomic E-state index is 0. The first kappa shape index (κ1) is 51.8. The molecule has 0 aliphatic rings. The smallest absolute Gasteiger partial charge is 0 e. The summed E-state index contributed by atoms with van der Waals surface area (Å²) in [6.07, 6.45) is 0. The number of rotatable bonds is 0. The van der Waals surface area contributed by atoms with Crippen LogP contribution in [-0.2, 0) is 21.7 Å². The van der Waals surface area contributed by atoms with Crippen LogP contribution in [0, 0.1) is 0 Å². The zero-order chi connectivity index (χ0) is 2.00. The summed E-state index contributed by atoms with van der Waals surface area (Å²) >= 11 is 0. The molecule has 0 aliphatic heterocycles. The van der Waals surface area contributed by atoms with Gasteiger partial charge < -0.3 is 8.59 Å². The van der Waals surface area contributed by atoms with Crippen LogP contribution in [0.2, 0.25) is 0 Å². The maximum absolute atomic E-state index is 4.50. The molecule has 0 saturated carbocycles. The Morgan fingerprint density at radius 1 is 1.00 bits per heavy atom. The van der Waals surface area contributed by atoms with Gasteiger partial charge in [0.25, 0.3) is 0 Å². The average Bonchev–Trinajstić information content (AvgIpc) is 1.00. The van der Waals surface area contributed by atoms with E-state index in [1.807, 2.05) is 0 Å². The van der Waals surface area contributed by atoms with Gasteiger partial charge in [0.2, 0.25) is 0 Å². The Morgan fingerprint density at radius 2 is 1.00 bits per heavy atom. The minimum Gasteiger partial charge on any atom is 0 e. The molecular weight excluding hydrogens is 702 g/mol. The van der Waals surface area contributed by atoms with Gasteiger partial charge in [0.05, 0.1) is 0 Å².